The fraction of sp³-hybridized carbons (Fsp3) is 0.533. The van der Waals surface area contributed by atoms with Crippen LogP contribution in [0.25, 0.3) is 0 Å². The van der Waals surface area contributed by atoms with Crippen molar-refractivity contribution in [3.8, 4) is 0 Å². The number of amides is 1. The van der Waals surface area contributed by atoms with E-state index < -0.39 is 0 Å². The SMILES string of the molecule is O=C(OCc1ccccc1)N1CCC2CC[C@H]1C2. The Morgan fingerprint density at radius 1 is 1.22 bits per heavy atom. The molecule has 1 saturated heterocycles. The van der Waals surface area contributed by atoms with Gasteiger partial charge in [0.1, 0.15) is 6.61 Å². The van der Waals surface area contributed by atoms with Crippen molar-refractivity contribution in [3.63, 3.8) is 0 Å². The minimum Gasteiger partial charge on any atom is -0.445 e. The zero-order valence-electron chi connectivity index (χ0n) is 10.5. The zero-order valence-corrected chi connectivity index (χ0v) is 10.5. The maximum absolute atomic E-state index is 12.1. The fourth-order valence-corrected chi connectivity index (χ4v) is 3.14. The van der Waals surface area contributed by atoms with Crippen LogP contribution in [0.3, 0.4) is 0 Å². The molecule has 1 amide bonds. The highest BCUT2D eigenvalue weighted by atomic mass is 16.6. The van der Waals surface area contributed by atoms with Gasteiger partial charge in [-0.3, -0.25) is 0 Å². The Bertz CT molecular complexity index is 418. The predicted octanol–water partition coefficient (Wildman–Crippen LogP) is 3.20. The number of fused-ring (bicyclic) bond motifs is 2. The molecule has 1 aromatic rings. The van der Waals surface area contributed by atoms with E-state index in [1.807, 2.05) is 35.2 Å². The summed E-state index contributed by atoms with van der Waals surface area (Å²) in [6.07, 6.45) is 4.64. The molecule has 2 fully saturated rings. The standard InChI is InChI=1S/C15H19NO2/c17-15(18-11-13-4-2-1-3-5-13)16-9-8-12-6-7-14(16)10-12/h1-5,12,14H,6-11H2/t12?,14-/m0/s1. The Balaban J connectivity index is 1.55. The van der Waals surface area contributed by atoms with Crippen molar-refractivity contribution in [2.75, 3.05) is 6.54 Å². The van der Waals surface area contributed by atoms with Crippen molar-refractivity contribution in [1.82, 2.24) is 4.90 Å². The Kier molecular flexibility index (Phi) is 3.22. The van der Waals surface area contributed by atoms with Crippen LogP contribution in [0.2, 0.25) is 0 Å². The number of hydrogen-bond acceptors (Lipinski definition) is 2. The highest BCUT2D eigenvalue weighted by molar-refractivity contribution is 5.68. The van der Waals surface area contributed by atoms with Crippen molar-refractivity contribution in [2.24, 2.45) is 5.92 Å². The van der Waals surface area contributed by atoms with Crippen LogP contribution in [0.4, 0.5) is 4.79 Å². The molecule has 1 aromatic carbocycles. The average Bonchev–Trinajstić information content (AvgIpc) is 2.79. The van der Waals surface area contributed by atoms with E-state index in [4.69, 9.17) is 4.74 Å². The first-order chi connectivity index (χ1) is 8.83. The highest BCUT2D eigenvalue weighted by Gasteiger charge is 2.37. The molecule has 0 radical (unpaired) electrons. The van der Waals surface area contributed by atoms with E-state index in [1.165, 1.54) is 12.8 Å². The zero-order chi connectivity index (χ0) is 12.4. The maximum Gasteiger partial charge on any atom is 0.410 e. The molecule has 96 valence electrons. The average molecular weight is 245 g/mol. The van der Waals surface area contributed by atoms with Crippen LogP contribution in [0.1, 0.15) is 31.2 Å². The summed E-state index contributed by atoms with van der Waals surface area (Å²) < 4.78 is 5.41. The molecular weight excluding hydrogens is 226 g/mol. The van der Waals surface area contributed by atoms with Gasteiger partial charge in [-0.1, -0.05) is 30.3 Å². The quantitative estimate of drug-likeness (QED) is 0.800. The van der Waals surface area contributed by atoms with Gasteiger partial charge in [0.25, 0.3) is 0 Å². The number of carbonyl (C=O) groups is 1. The summed E-state index contributed by atoms with van der Waals surface area (Å²) in [5, 5.41) is 0. The van der Waals surface area contributed by atoms with Crippen molar-refractivity contribution in [3.05, 3.63) is 35.9 Å². The van der Waals surface area contributed by atoms with E-state index in [0.29, 0.717) is 12.6 Å². The summed E-state index contributed by atoms with van der Waals surface area (Å²) in [6.45, 7) is 1.26. The molecule has 2 atom stereocenters. The summed E-state index contributed by atoms with van der Waals surface area (Å²) in [5.41, 5.74) is 1.05. The van der Waals surface area contributed by atoms with Gasteiger partial charge in [0.2, 0.25) is 0 Å². The van der Waals surface area contributed by atoms with Crippen LogP contribution in [0.5, 0.6) is 0 Å². The summed E-state index contributed by atoms with van der Waals surface area (Å²) >= 11 is 0. The normalized spacial score (nSPS) is 26.1. The molecule has 1 saturated carbocycles. The fourth-order valence-electron chi connectivity index (χ4n) is 3.14. The van der Waals surface area contributed by atoms with E-state index in [9.17, 15) is 4.79 Å². The third kappa shape index (κ3) is 2.35. The molecule has 0 spiro atoms. The highest BCUT2D eigenvalue weighted by Crippen LogP contribution is 2.36. The molecule has 3 nitrogen and oxygen atoms in total. The number of carbonyl (C=O) groups excluding carboxylic acids is 1. The number of piperidine rings is 1. The smallest absolute Gasteiger partial charge is 0.410 e. The predicted molar refractivity (Wildman–Crippen MR) is 69.1 cm³/mol. The lowest BCUT2D eigenvalue weighted by Crippen LogP contribution is -2.42. The number of ether oxygens (including phenoxy) is 1. The van der Waals surface area contributed by atoms with Gasteiger partial charge in [-0.15, -0.1) is 0 Å². The van der Waals surface area contributed by atoms with Crippen molar-refractivity contribution in [2.45, 2.75) is 38.3 Å². The lowest BCUT2D eigenvalue weighted by molar-refractivity contribution is 0.0711. The van der Waals surface area contributed by atoms with Crippen molar-refractivity contribution in [1.29, 1.82) is 0 Å². The molecule has 1 heterocycles. The molecule has 0 N–H and O–H groups in total. The minimum atomic E-state index is -0.135. The summed E-state index contributed by atoms with van der Waals surface area (Å²) in [5.74, 6) is 0.855. The summed E-state index contributed by atoms with van der Waals surface area (Å²) in [4.78, 5) is 14.0. The Hall–Kier alpha value is -1.51. The van der Waals surface area contributed by atoms with Crippen LogP contribution < -0.4 is 0 Å². The van der Waals surface area contributed by atoms with Gasteiger partial charge in [-0.25, -0.2) is 4.79 Å². The van der Waals surface area contributed by atoms with Crippen LogP contribution in [0, 0.1) is 5.92 Å². The van der Waals surface area contributed by atoms with E-state index >= 15 is 0 Å². The van der Waals surface area contributed by atoms with E-state index in [0.717, 1.165) is 30.9 Å². The number of nitrogens with zero attached hydrogens (tertiary/aromatic N) is 1. The molecule has 3 rings (SSSR count). The monoisotopic (exact) mass is 245 g/mol. The van der Waals surface area contributed by atoms with Gasteiger partial charge in [0, 0.05) is 12.6 Å². The molecule has 18 heavy (non-hydrogen) atoms. The van der Waals surface area contributed by atoms with Crippen LogP contribution in [-0.4, -0.2) is 23.6 Å². The Morgan fingerprint density at radius 2 is 2.06 bits per heavy atom. The first-order valence-electron chi connectivity index (χ1n) is 6.80. The second-order valence-electron chi connectivity index (χ2n) is 5.36. The lowest BCUT2D eigenvalue weighted by atomic mass is 10.00. The Morgan fingerprint density at radius 3 is 2.89 bits per heavy atom. The number of likely N-dealkylation sites (tertiary alicyclic amines) is 1. The van der Waals surface area contributed by atoms with E-state index in [1.54, 1.807) is 0 Å². The topological polar surface area (TPSA) is 29.5 Å². The molecule has 2 bridgehead atoms. The Labute approximate surface area is 108 Å². The second-order valence-corrected chi connectivity index (χ2v) is 5.36. The van der Waals surface area contributed by atoms with E-state index in [-0.39, 0.29) is 6.09 Å². The first kappa shape index (κ1) is 11.6. The minimum absolute atomic E-state index is 0.135. The molecule has 1 aliphatic carbocycles. The van der Waals surface area contributed by atoms with Gasteiger partial charge in [0.05, 0.1) is 0 Å². The van der Waals surface area contributed by atoms with Gasteiger partial charge in [-0.05, 0) is 37.2 Å². The molecule has 0 aromatic heterocycles. The molecule has 1 unspecified atom stereocenters. The number of rotatable bonds is 2. The van der Waals surface area contributed by atoms with Crippen LogP contribution >= 0.6 is 0 Å². The third-order valence-corrected chi connectivity index (χ3v) is 4.17. The van der Waals surface area contributed by atoms with Crippen LogP contribution in [-0.2, 0) is 11.3 Å². The molecule has 1 aliphatic heterocycles. The first-order valence-corrected chi connectivity index (χ1v) is 6.80. The van der Waals surface area contributed by atoms with Crippen LogP contribution in [0.15, 0.2) is 30.3 Å². The number of benzene rings is 1. The third-order valence-electron chi connectivity index (χ3n) is 4.17. The van der Waals surface area contributed by atoms with E-state index in [2.05, 4.69) is 0 Å². The number of hydrogen-bond donors (Lipinski definition) is 0. The molecule has 3 heteroatoms. The second kappa shape index (κ2) is 5.01. The maximum atomic E-state index is 12.1. The van der Waals surface area contributed by atoms with Gasteiger partial charge in [0.15, 0.2) is 0 Å². The summed E-state index contributed by atoms with van der Waals surface area (Å²) in [6, 6.07) is 10.3. The van der Waals surface area contributed by atoms with Gasteiger partial charge >= 0.3 is 6.09 Å². The van der Waals surface area contributed by atoms with Crippen molar-refractivity contribution >= 4 is 6.09 Å². The largest absolute Gasteiger partial charge is 0.445 e. The molecular formula is C15H19NO2. The van der Waals surface area contributed by atoms with Gasteiger partial charge in [-0.2, -0.15) is 0 Å². The molecule has 2 aliphatic rings. The lowest BCUT2D eigenvalue weighted by Gasteiger charge is -2.32. The van der Waals surface area contributed by atoms with Gasteiger partial charge < -0.3 is 9.64 Å². The summed E-state index contributed by atoms with van der Waals surface area (Å²) in [7, 11) is 0. The van der Waals surface area contributed by atoms with Crippen molar-refractivity contribution < 1.29 is 9.53 Å².